The van der Waals surface area contributed by atoms with E-state index in [1.165, 1.54) is 6.42 Å². The van der Waals surface area contributed by atoms with Crippen LogP contribution in [0.4, 0.5) is 4.79 Å². The SMILES string of the molecule is CCC(CNC(=O)NC1CCCCC1(C)C)CC(=O)O. The second-order valence-electron chi connectivity index (χ2n) is 6.51. The summed E-state index contributed by atoms with van der Waals surface area (Å²) in [5.74, 6) is -0.815. The summed E-state index contributed by atoms with van der Waals surface area (Å²) in [4.78, 5) is 22.6. The summed E-state index contributed by atoms with van der Waals surface area (Å²) in [6.07, 6.45) is 5.39. The van der Waals surface area contributed by atoms with Gasteiger partial charge in [-0.05, 0) is 24.2 Å². The maximum atomic E-state index is 11.9. The highest BCUT2D eigenvalue weighted by molar-refractivity contribution is 5.74. The quantitative estimate of drug-likeness (QED) is 0.701. The number of rotatable bonds is 6. The molecule has 20 heavy (non-hydrogen) atoms. The summed E-state index contributed by atoms with van der Waals surface area (Å²) >= 11 is 0. The van der Waals surface area contributed by atoms with Crippen LogP contribution < -0.4 is 10.6 Å². The molecule has 2 amide bonds. The standard InChI is InChI=1S/C15H28N2O3/c1-4-11(9-13(18)19)10-16-14(20)17-12-7-5-6-8-15(12,2)3/h11-12H,4-10H2,1-3H3,(H,18,19)(H2,16,17,20). The van der Waals surface area contributed by atoms with E-state index in [0.717, 1.165) is 25.7 Å². The minimum atomic E-state index is -0.813. The van der Waals surface area contributed by atoms with Crippen LogP contribution in [0.1, 0.15) is 59.3 Å². The van der Waals surface area contributed by atoms with Crippen molar-refractivity contribution >= 4 is 12.0 Å². The van der Waals surface area contributed by atoms with Crippen molar-refractivity contribution < 1.29 is 14.7 Å². The van der Waals surface area contributed by atoms with Gasteiger partial charge in [-0.15, -0.1) is 0 Å². The average molecular weight is 284 g/mol. The van der Waals surface area contributed by atoms with Crippen molar-refractivity contribution in [3.63, 3.8) is 0 Å². The van der Waals surface area contributed by atoms with Gasteiger partial charge >= 0.3 is 12.0 Å². The molecule has 1 aliphatic carbocycles. The lowest BCUT2D eigenvalue weighted by atomic mass is 9.73. The van der Waals surface area contributed by atoms with E-state index in [4.69, 9.17) is 5.11 Å². The van der Waals surface area contributed by atoms with Crippen LogP contribution in [0.25, 0.3) is 0 Å². The first-order valence-electron chi connectivity index (χ1n) is 7.61. The average Bonchev–Trinajstić information content (AvgIpc) is 2.36. The molecule has 2 atom stereocenters. The molecule has 0 heterocycles. The number of carbonyl (C=O) groups excluding carboxylic acids is 1. The Labute approximate surface area is 121 Å². The molecule has 5 nitrogen and oxygen atoms in total. The molecule has 1 saturated carbocycles. The smallest absolute Gasteiger partial charge is 0.315 e. The van der Waals surface area contributed by atoms with Gasteiger partial charge in [0.05, 0.1) is 0 Å². The number of carboxylic acid groups (broad SMARTS) is 1. The molecule has 1 fully saturated rings. The van der Waals surface area contributed by atoms with Crippen molar-refractivity contribution in [2.45, 2.75) is 65.3 Å². The van der Waals surface area contributed by atoms with Gasteiger partial charge in [-0.25, -0.2) is 4.79 Å². The zero-order valence-electron chi connectivity index (χ0n) is 12.9. The Bertz CT molecular complexity index is 342. The molecule has 116 valence electrons. The minimum absolute atomic E-state index is 0.00221. The molecule has 2 unspecified atom stereocenters. The molecule has 0 aromatic carbocycles. The summed E-state index contributed by atoms with van der Waals surface area (Å²) < 4.78 is 0. The van der Waals surface area contributed by atoms with Crippen molar-refractivity contribution in [3.8, 4) is 0 Å². The van der Waals surface area contributed by atoms with E-state index in [2.05, 4.69) is 24.5 Å². The Hall–Kier alpha value is -1.26. The van der Waals surface area contributed by atoms with Gasteiger partial charge in [-0.1, -0.05) is 40.0 Å². The predicted octanol–water partition coefficient (Wildman–Crippen LogP) is 2.76. The molecule has 0 saturated heterocycles. The second-order valence-corrected chi connectivity index (χ2v) is 6.51. The Kier molecular flexibility index (Phi) is 6.30. The Morgan fingerprint density at radius 1 is 1.35 bits per heavy atom. The molecule has 0 aromatic heterocycles. The molecular formula is C15H28N2O3. The predicted molar refractivity (Wildman–Crippen MR) is 78.6 cm³/mol. The first-order chi connectivity index (χ1) is 9.35. The molecule has 1 rings (SSSR count). The number of aliphatic carboxylic acids is 1. The highest BCUT2D eigenvalue weighted by Crippen LogP contribution is 2.35. The molecule has 0 radical (unpaired) electrons. The van der Waals surface area contributed by atoms with Crippen LogP contribution >= 0.6 is 0 Å². The fraction of sp³-hybridized carbons (Fsp3) is 0.867. The lowest BCUT2D eigenvalue weighted by Gasteiger charge is -2.39. The van der Waals surface area contributed by atoms with E-state index in [9.17, 15) is 9.59 Å². The largest absolute Gasteiger partial charge is 0.481 e. The topological polar surface area (TPSA) is 78.4 Å². The number of nitrogens with one attached hydrogen (secondary N) is 2. The first-order valence-corrected chi connectivity index (χ1v) is 7.61. The third kappa shape index (κ3) is 5.39. The molecule has 5 heteroatoms. The van der Waals surface area contributed by atoms with Crippen molar-refractivity contribution in [2.75, 3.05) is 6.54 Å². The second kappa shape index (κ2) is 7.50. The zero-order valence-corrected chi connectivity index (χ0v) is 12.9. The zero-order chi connectivity index (χ0) is 15.2. The van der Waals surface area contributed by atoms with Gasteiger partial charge in [0.15, 0.2) is 0 Å². The van der Waals surface area contributed by atoms with Crippen LogP contribution in [0.15, 0.2) is 0 Å². The van der Waals surface area contributed by atoms with Gasteiger partial charge in [0.25, 0.3) is 0 Å². The summed E-state index contributed by atoms with van der Waals surface area (Å²) in [6.45, 7) is 6.74. The highest BCUT2D eigenvalue weighted by Gasteiger charge is 2.33. The van der Waals surface area contributed by atoms with Crippen LogP contribution in [0, 0.1) is 11.3 Å². The number of hydrogen-bond acceptors (Lipinski definition) is 2. The summed E-state index contributed by atoms with van der Waals surface area (Å²) in [6, 6.07) is 0.0321. The molecule has 0 aliphatic heterocycles. The monoisotopic (exact) mass is 284 g/mol. The number of carboxylic acids is 1. The van der Waals surface area contributed by atoms with E-state index in [1.54, 1.807) is 0 Å². The third-order valence-electron chi connectivity index (χ3n) is 4.40. The summed E-state index contributed by atoms with van der Waals surface area (Å²) in [5, 5.41) is 14.6. The lowest BCUT2D eigenvalue weighted by molar-refractivity contribution is -0.138. The van der Waals surface area contributed by atoms with E-state index in [0.29, 0.717) is 6.54 Å². The van der Waals surface area contributed by atoms with E-state index < -0.39 is 5.97 Å². The number of urea groups is 1. The molecular weight excluding hydrogens is 256 g/mol. The van der Waals surface area contributed by atoms with Gasteiger partial charge in [-0.2, -0.15) is 0 Å². The van der Waals surface area contributed by atoms with Crippen LogP contribution in [0.2, 0.25) is 0 Å². The van der Waals surface area contributed by atoms with Gasteiger partial charge in [0.2, 0.25) is 0 Å². The maximum absolute atomic E-state index is 11.9. The molecule has 3 N–H and O–H groups in total. The van der Waals surface area contributed by atoms with Gasteiger partial charge < -0.3 is 15.7 Å². The first kappa shape index (κ1) is 16.8. The third-order valence-corrected chi connectivity index (χ3v) is 4.40. The van der Waals surface area contributed by atoms with Crippen molar-refractivity contribution in [1.29, 1.82) is 0 Å². The lowest BCUT2D eigenvalue weighted by Crippen LogP contribution is -2.50. The summed E-state index contributed by atoms with van der Waals surface area (Å²) in [5.41, 5.74) is 0.140. The number of carbonyl (C=O) groups is 2. The number of amides is 2. The molecule has 1 aliphatic rings. The van der Waals surface area contributed by atoms with Gasteiger partial charge in [-0.3, -0.25) is 4.79 Å². The highest BCUT2D eigenvalue weighted by atomic mass is 16.4. The van der Waals surface area contributed by atoms with Gasteiger partial charge in [0.1, 0.15) is 0 Å². The fourth-order valence-corrected chi connectivity index (χ4v) is 2.82. The maximum Gasteiger partial charge on any atom is 0.315 e. The Morgan fingerprint density at radius 3 is 2.60 bits per heavy atom. The van der Waals surface area contributed by atoms with E-state index in [1.807, 2.05) is 6.92 Å². The fourth-order valence-electron chi connectivity index (χ4n) is 2.82. The number of hydrogen-bond donors (Lipinski definition) is 3. The summed E-state index contributed by atoms with van der Waals surface area (Å²) in [7, 11) is 0. The Balaban J connectivity index is 2.37. The van der Waals surface area contributed by atoms with Crippen LogP contribution in [0.5, 0.6) is 0 Å². The van der Waals surface area contributed by atoms with E-state index >= 15 is 0 Å². The van der Waals surface area contributed by atoms with Crippen LogP contribution in [-0.4, -0.2) is 29.7 Å². The van der Waals surface area contributed by atoms with E-state index in [-0.39, 0.29) is 29.8 Å². The van der Waals surface area contributed by atoms with Crippen molar-refractivity contribution in [2.24, 2.45) is 11.3 Å². The minimum Gasteiger partial charge on any atom is -0.481 e. The molecule has 0 bridgehead atoms. The van der Waals surface area contributed by atoms with Gasteiger partial charge in [0, 0.05) is 19.0 Å². The normalized spacial score (nSPS) is 22.9. The van der Waals surface area contributed by atoms with Crippen LogP contribution in [-0.2, 0) is 4.79 Å². The molecule has 0 spiro atoms. The van der Waals surface area contributed by atoms with Crippen LogP contribution in [0.3, 0.4) is 0 Å². The van der Waals surface area contributed by atoms with Crippen molar-refractivity contribution in [3.05, 3.63) is 0 Å². The van der Waals surface area contributed by atoms with Crippen molar-refractivity contribution in [1.82, 2.24) is 10.6 Å². The molecule has 0 aromatic rings. The Morgan fingerprint density at radius 2 is 2.05 bits per heavy atom.